The summed E-state index contributed by atoms with van der Waals surface area (Å²) in [5, 5.41) is 3.66. The normalized spacial score (nSPS) is 16.8. The van der Waals surface area contributed by atoms with Crippen LogP contribution in [0, 0.1) is 5.92 Å². The molecule has 0 radical (unpaired) electrons. The smallest absolute Gasteiger partial charge is 0.119 e. The van der Waals surface area contributed by atoms with E-state index in [1.807, 2.05) is 13.0 Å². The molecule has 0 amide bonds. The Balaban J connectivity index is 1.86. The monoisotopic (exact) mass is 233 g/mol. The molecule has 0 aromatic heterocycles. The molecule has 0 heterocycles. The molecule has 1 saturated carbocycles. The summed E-state index contributed by atoms with van der Waals surface area (Å²) in [4.78, 5) is 0. The van der Waals surface area contributed by atoms with E-state index in [4.69, 9.17) is 4.74 Å². The number of hydrogen-bond donors (Lipinski definition) is 1. The van der Waals surface area contributed by atoms with Gasteiger partial charge in [0, 0.05) is 12.6 Å². The summed E-state index contributed by atoms with van der Waals surface area (Å²) in [6.07, 6.45) is 4.05. The molecule has 1 aliphatic rings. The summed E-state index contributed by atoms with van der Waals surface area (Å²) >= 11 is 0. The van der Waals surface area contributed by atoms with Crippen molar-refractivity contribution in [3.05, 3.63) is 29.8 Å². The van der Waals surface area contributed by atoms with Crippen molar-refractivity contribution in [1.82, 2.24) is 5.32 Å². The average Bonchev–Trinajstić information content (AvgIpc) is 3.15. The topological polar surface area (TPSA) is 21.3 Å². The minimum Gasteiger partial charge on any atom is -0.494 e. The summed E-state index contributed by atoms with van der Waals surface area (Å²) < 4.78 is 5.51. The van der Waals surface area contributed by atoms with Crippen molar-refractivity contribution in [3.8, 4) is 5.75 Å². The first-order valence-electron chi connectivity index (χ1n) is 6.78. The van der Waals surface area contributed by atoms with Gasteiger partial charge in [0.2, 0.25) is 0 Å². The van der Waals surface area contributed by atoms with E-state index in [1.165, 1.54) is 24.8 Å². The fraction of sp³-hybridized carbons (Fsp3) is 0.600. The lowest BCUT2D eigenvalue weighted by molar-refractivity contribution is 0.339. The number of nitrogens with one attached hydrogen (secondary N) is 1. The van der Waals surface area contributed by atoms with E-state index in [-0.39, 0.29) is 0 Å². The molecule has 1 aliphatic carbocycles. The number of hydrogen-bond acceptors (Lipinski definition) is 2. The van der Waals surface area contributed by atoms with Gasteiger partial charge in [0.05, 0.1) is 6.61 Å². The van der Waals surface area contributed by atoms with Crippen molar-refractivity contribution < 1.29 is 4.74 Å². The molecule has 0 bridgehead atoms. The molecule has 17 heavy (non-hydrogen) atoms. The standard InChI is InChI=1S/C15H23NO/c1-3-15(13-8-9-13)16-11-12-6-5-7-14(10-12)17-4-2/h5-7,10,13,15-16H,3-4,8-9,11H2,1-2H3. The van der Waals surface area contributed by atoms with Crippen LogP contribution in [0.15, 0.2) is 24.3 Å². The molecule has 0 aliphatic heterocycles. The van der Waals surface area contributed by atoms with Crippen LogP contribution in [0.25, 0.3) is 0 Å². The highest BCUT2D eigenvalue weighted by atomic mass is 16.5. The van der Waals surface area contributed by atoms with Gasteiger partial charge in [-0.05, 0) is 49.8 Å². The van der Waals surface area contributed by atoms with Gasteiger partial charge in [0.15, 0.2) is 0 Å². The lowest BCUT2D eigenvalue weighted by Gasteiger charge is -2.16. The molecular weight excluding hydrogens is 210 g/mol. The van der Waals surface area contributed by atoms with E-state index in [2.05, 4.69) is 30.4 Å². The quantitative estimate of drug-likeness (QED) is 0.779. The summed E-state index contributed by atoms with van der Waals surface area (Å²) in [6.45, 7) is 5.98. The van der Waals surface area contributed by atoms with Crippen molar-refractivity contribution in [2.24, 2.45) is 5.92 Å². The Labute approximate surface area is 104 Å². The van der Waals surface area contributed by atoms with Crippen LogP contribution >= 0.6 is 0 Å². The Bertz CT molecular complexity index is 347. The molecule has 1 aromatic carbocycles. The maximum absolute atomic E-state index is 5.51. The van der Waals surface area contributed by atoms with Gasteiger partial charge in [-0.3, -0.25) is 0 Å². The number of ether oxygens (including phenoxy) is 1. The third-order valence-electron chi connectivity index (χ3n) is 3.41. The Morgan fingerprint density at radius 2 is 2.18 bits per heavy atom. The molecule has 1 unspecified atom stereocenters. The van der Waals surface area contributed by atoms with Crippen molar-refractivity contribution in [2.45, 2.75) is 45.7 Å². The fourth-order valence-corrected chi connectivity index (χ4v) is 2.30. The zero-order chi connectivity index (χ0) is 12.1. The molecular formula is C15H23NO. The van der Waals surface area contributed by atoms with Crippen LogP contribution in [0.1, 0.15) is 38.7 Å². The van der Waals surface area contributed by atoms with Gasteiger partial charge in [0.25, 0.3) is 0 Å². The van der Waals surface area contributed by atoms with Gasteiger partial charge >= 0.3 is 0 Å². The molecule has 1 fully saturated rings. The maximum atomic E-state index is 5.51. The molecule has 1 atom stereocenters. The van der Waals surface area contributed by atoms with E-state index in [0.29, 0.717) is 6.04 Å². The summed E-state index contributed by atoms with van der Waals surface area (Å²) in [7, 11) is 0. The highest BCUT2D eigenvalue weighted by Gasteiger charge is 2.29. The largest absolute Gasteiger partial charge is 0.494 e. The second-order valence-corrected chi connectivity index (χ2v) is 4.81. The Morgan fingerprint density at radius 1 is 1.35 bits per heavy atom. The lowest BCUT2D eigenvalue weighted by atomic mass is 10.1. The van der Waals surface area contributed by atoms with Crippen LogP contribution in [0.5, 0.6) is 5.75 Å². The van der Waals surface area contributed by atoms with Crippen molar-refractivity contribution in [2.75, 3.05) is 6.61 Å². The van der Waals surface area contributed by atoms with E-state index >= 15 is 0 Å². The first kappa shape index (κ1) is 12.4. The summed E-state index contributed by atoms with van der Waals surface area (Å²) in [5.41, 5.74) is 1.31. The first-order valence-corrected chi connectivity index (χ1v) is 6.78. The van der Waals surface area contributed by atoms with Gasteiger partial charge in [-0.15, -0.1) is 0 Å². The van der Waals surface area contributed by atoms with E-state index in [1.54, 1.807) is 0 Å². The van der Waals surface area contributed by atoms with Gasteiger partial charge in [-0.25, -0.2) is 0 Å². The van der Waals surface area contributed by atoms with Crippen molar-refractivity contribution in [3.63, 3.8) is 0 Å². The zero-order valence-corrected chi connectivity index (χ0v) is 10.9. The minimum absolute atomic E-state index is 0.700. The lowest BCUT2D eigenvalue weighted by Crippen LogP contribution is -2.29. The highest BCUT2D eigenvalue weighted by molar-refractivity contribution is 5.28. The van der Waals surface area contributed by atoms with Crippen molar-refractivity contribution >= 4 is 0 Å². The van der Waals surface area contributed by atoms with Crippen molar-refractivity contribution in [1.29, 1.82) is 0 Å². The van der Waals surface area contributed by atoms with Gasteiger partial charge in [-0.1, -0.05) is 19.1 Å². The van der Waals surface area contributed by atoms with Crippen LogP contribution in [0.3, 0.4) is 0 Å². The van der Waals surface area contributed by atoms with Crippen LogP contribution in [-0.4, -0.2) is 12.6 Å². The van der Waals surface area contributed by atoms with Crippen LogP contribution in [0.2, 0.25) is 0 Å². The zero-order valence-electron chi connectivity index (χ0n) is 10.9. The van der Waals surface area contributed by atoms with Gasteiger partial charge in [-0.2, -0.15) is 0 Å². The third-order valence-corrected chi connectivity index (χ3v) is 3.41. The predicted octanol–water partition coefficient (Wildman–Crippen LogP) is 3.36. The SMILES string of the molecule is CCOc1cccc(CNC(CC)C2CC2)c1. The van der Waals surface area contributed by atoms with Crippen LogP contribution in [0.4, 0.5) is 0 Å². The molecule has 0 spiro atoms. The summed E-state index contributed by atoms with van der Waals surface area (Å²) in [6, 6.07) is 9.09. The Morgan fingerprint density at radius 3 is 2.82 bits per heavy atom. The molecule has 2 heteroatoms. The van der Waals surface area contributed by atoms with Crippen LogP contribution < -0.4 is 10.1 Å². The van der Waals surface area contributed by atoms with Gasteiger partial charge in [0.1, 0.15) is 5.75 Å². The molecule has 2 nitrogen and oxygen atoms in total. The average molecular weight is 233 g/mol. The van der Waals surface area contributed by atoms with E-state index < -0.39 is 0 Å². The molecule has 0 saturated heterocycles. The molecule has 94 valence electrons. The van der Waals surface area contributed by atoms with E-state index in [9.17, 15) is 0 Å². The third kappa shape index (κ3) is 3.74. The van der Waals surface area contributed by atoms with Gasteiger partial charge < -0.3 is 10.1 Å². The minimum atomic E-state index is 0.700. The van der Waals surface area contributed by atoms with Crippen LogP contribution in [-0.2, 0) is 6.54 Å². The highest BCUT2D eigenvalue weighted by Crippen LogP contribution is 2.34. The molecule has 2 rings (SSSR count). The summed E-state index contributed by atoms with van der Waals surface area (Å²) in [5.74, 6) is 1.90. The predicted molar refractivity (Wildman–Crippen MR) is 71.3 cm³/mol. The Hall–Kier alpha value is -1.02. The fourth-order valence-electron chi connectivity index (χ4n) is 2.30. The van der Waals surface area contributed by atoms with E-state index in [0.717, 1.165) is 24.8 Å². The number of rotatable bonds is 7. The molecule has 1 aromatic rings. The first-order chi connectivity index (χ1) is 8.33. The number of benzene rings is 1. The Kier molecular flexibility index (Phi) is 4.43. The molecule has 1 N–H and O–H groups in total. The second kappa shape index (κ2) is 6.06. The second-order valence-electron chi connectivity index (χ2n) is 4.81. The maximum Gasteiger partial charge on any atom is 0.119 e.